The summed E-state index contributed by atoms with van der Waals surface area (Å²) in [6.45, 7) is 5.83. The summed E-state index contributed by atoms with van der Waals surface area (Å²) in [5, 5.41) is 9.33. The van der Waals surface area contributed by atoms with Crippen molar-refractivity contribution >= 4 is 23.3 Å². The Morgan fingerprint density at radius 3 is 2.50 bits per heavy atom. The van der Waals surface area contributed by atoms with Crippen molar-refractivity contribution < 1.29 is 9.59 Å². The van der Waals surface area contributed by atoms with Crippen molar-refractivity contribution in [1.82, 2.24) is 10.2 Å². The van der Waals surface area contributed by atoms with Crippen molar-refractivity contribution in [2.24, 2.45) is 11.8 Å². The molecule has 142 valence electrons. The number of piperidine rings is 1. The van der Waals surface area contributed by atoms with Gasteiger partial charge in [-0.3, -0.25) is 4.79 Å². The van der Waals surface area contributed by atoms with Gasteiger partial charge in [-0.2, -0.15) is 0 Å². The van der Waals surface area contributed by atoms with Crippen molar-refractivity contribution in [2.75, 3.05) is 36.8 Å². The van der Waals surface area contributed by atoms with Gasteiger partial charge in [0.05, 0.1) is 11.4 Å². The lowest BCUT2D eigenvalue weighted by molar-refractivity contribution is -0.117. The van der Waals surface area contributed by atoms with Crippen LogP contribution in [0.25, 0.3) is 0 Å². The molecule has 1 aromatic carbocycles. The fraction of sp³-hybridized carbons (Fsp3) is 0.600. The van der Waals surface area contributed by atoms with Crippen LogP contribution >= 0.6 is 0 Å². The van der Waals surface area contributed by atoms with Crippen LogP contribution in [0.5, 0.6) is 0 Å². The molecule has 2 unspecified atom stereocenters. The quantitative estimate of drug-likeness (QED) is 0.756. The molecule has 2 heterocycles. The van der Waals surface area contributed by atoms with E-state index in [2.05, 4.69) is 22.9 Å². The minimum Gasteiger partial charge on any atom is -0.325 e. The highest BCUT2D eigenvalue weighted by molar-refractivity contribution is 5.99. The minimum atomic E-state index is -0.0918. The van der Waals surface area contributed by atoms with E-state index in [0.717, 1.165) is 39.0 Å². The fourth-order valence-corrected chi connectivity index (χ4v) is 3.84. The van der Waals surface area contributed by atoms with Gasteiger partial charge in [0.2, 0.25) is 5.91 Å². The first kappa shape index (κ1) is 18.7. The molecule has 0 saturated carbocycles. The lowest BCUT2D eigenvalue weighted by Gasteiger charge is -2.28. The maximum Gasteiger partial charge on any atom is 0.321 e. The third-order valence-electron chi connectivity index (χ3n) is 5.48. The summed E-state index contributed by atoms with van der Waals surface area (Å²) in [6, 6.07) is 7.31. The van der Waals surface area contributed by atoms with Gasteiger partial charge >= 0.3 is 6.03 Å². The Bertz CT molecular complexity index is 622. The topological polar surface area (TPSA) is 73.5 Å². The van der Waals surface area contributed by atoms with Crippen molar-refractivity contribution in [1.29, 1.82) is 0 Å². The number of hydrogen-bond acceptors (Lipinski definition) is 3. The molecule has 26 heavy (non-hydrogen) atoms. The van der Waals surface area contributed by atoms with E-state index in [1.54, 1.807) is 0 Å². The molecule has 3 N–H and O–H groups in total. The van der Waals surface area contributed by atoms with Crippen LogP contribution in [-0.2, 0) is 4.79 Å². The third kappa shape index (κ3) is 4.97. The molecular formula is C20H30N4O2. The molecule has 0 aliphatic carbocycles. The summed E-state index contributed by atoms with van der Waals surface area (Å²) in [5.41, 5.74) is 1.32. The van der Waals surface area contributed by atoms with Crippen LogP contribution in [0.2, 0.25) is 0 Å². The average molecular weight is 358 g/mol. The van der Waals surface area contributed by atoms with Gasteiger partial charge in [-0.25, -0.2) is 4.79 Å². The van der Waals surface area contributed by atoms with Crippen LogP contribution in [0.4, 0.5) is 16.2 Å². The first-order valence-corrected chi connectivity index (χ1v) is 9.79. The Morgan fingerprint density at radius 2 is 1.85 bits per heavy atom. The Hall–Kier alpha value is -2.08. The number of anilines is 2. The van der Waals surface area contributed by atoms with Gasteiger partial charge in [-0.1, -0.05) is 19.1 Å². The second-order valence-corrected chi connectivity index (χ2v) is 7.51. The Balaban J connectivity index is 1.56. The van der Waals surface area contributed by atoms with Gasteiger partial charge in [0.25, 0.3) is 0 Å². The molecule has 0 bridgehead atoms. The van der Waals surface area contributed by atoms with Crippen LogP contribution in [0.1, 0.15) is 39.0 Å². The smallest absolute Gasteiger partial charge is 0.321 e. The molecule has 1 aromatic rings. The SMILES string of the molecule is CC(CC(=O)Nc1ccccc1NC(=O)N1CCCC1)C1CCCNC1. The molecule has 2 aliphatic rings. The van der Waals surface area contributed by atoms with Crippen LogP contribution in [0.15, 0.2) is 24.3 Å². The maximum absolute atomic E-state index is 12.5. The zero-order chi connectivity index (χ0) is 18.4. The van der Waals surface area contributed by atoms with Crippen molar-refractivity contribution in [2.45, 2.75) is 39.0 Å². The number of nitrogens with one attached hydrogen (secondary N) is 3. The maximum atomic E-state index is 12.5. The van der Waals surface area contributed by atoms with Crippen molar-refractivity contribution in [3.8, 4) is 0 Å². The van der Waals surface area contributed by atoms with Gasteiger partial charge in [0, 0.05) is 19.5 Å². The molecule has 0 radical (unpaired) electrons. The van der Waals surface area contributed by atoms with E-state index >= 15 is 0 Å². The third-order valence-corrected chi connectivity index (χ3v) is 5.48. The zero-order valence-corrected chi connectivity index (χ0v) is 15.6. The second kappa shape index (κ2) is 9.03. The number of likely N-dealkylation sites (tertiary alicyclic amines) is 1. The van der Waals surface area contributed by atoms with Gasteiger partial charge in [0.15, 0.2) is 0 Å². The van der Waals surface area contributed by atoms with Gasteiger partial charge < -0.3 is 20.9 Å². The molecule has 0 aromatic heterocycles. The van der Waals surface area contributed by atoms with E-state index in [9.17, 15) is 9.59 Å². The predicted molar refractivity (Wildman–Crippen MR) is 104 cm³/mol. The number of para-hydroxylation sites is 2. The van der Waals surface area contributed by atoms with Crippen molar-refractivity contribution in [3.63, 3.8) is 0 Å². The van der Waals surface area contributed by atoms with Crippen LogP contribution < -0.4 is 16.0 Å². The molecule has 0 spiro atoms. The molecule has 2 saturated heterocycles. The van der Waals surface area contributed by atoms with E-state index < -0.39 is 0 Å². The first-order chi connectivity index (χ1) is 12.6. The minimum absolute atomic E-state index is 0.00550. The summed E-state index contributed by atoms with van der Waals surface area (Å²) >= 11 is 0. The summed E-state index contributed by atoms with van der Waals surface area (Å²) in [4.78, 5) is 26.7. The summed E-state index contributed by atoms with van der Waals surface area (Å²) < 4.78 is 0. The summed E-state index contributed by atoms with van der Waals surface area (Å²) in [5.74, 6) is 0.903. The van der Waals surface area contributed by atoms with E-state index in [0.29, 0.717) is 29.6 Å². The molecule has 3 amide bonds. The fourth-order valence-electron chi connectivity index (χ4n) is 3.84. The highest BCUT2D eigenvalue weighted by Crippen LogP contribution is 2.25. The Morgan fingerprint density at radius 1 is 1.15 bits per heavy atom. The number of carbonyl (C=O) groups is 2. The second-order valence-electron chi connectivity index (χ2n) is 7.51. The number of amides is 3. The van der Waals surface area contributed by atoms with Gasteiger partial charge in [-0.05, 0) is 62.7 Å². The Labute approximate surface area is 155 Å². The lowest BCUT2D eigenvalue weighted by Crippen LogP contribution is -2.34. The number of benzene rings is 1. The van der Waals surface area contributed by atoms with Gasteiger partial charge in [-0.15, -0.1) is 0 Å². The molecule has 2 fully saturated rings. The molecule has 6 nitrogen and oxygen atoms in total. The zero-order valence-electron chi connectivity index (χ0n) is 15.6. The number of carbonyl (C=O) groups excluding carboxylic acids is 2. The lowest BCUT2D eigenvalue weighted by atomic mass is 9.85. The van der Waals surface area contributed by atoms with Gasteiger partial charge in [0.1, 0.15) is 0 Å². The Kier molecular flexibility index (Phi) is 6.50. The van der Waals surface area contributed by atoms with Crippen LogP contribution in [-0.4, -0.2) is 43.0 Å². The monoisotopic (exact) mass is 358 g/mol. The molecule has 2 aliphatic heterocycles. The predicted octanol–water partition coefficient (Wildman–Crippen LogP) is 3.28. The molecule has 2 atom stereocenters. The van der Waals surface area contributed by atoms with E-state index in [1.165, 1.54) is 12.8 Å². The van der Waals surface area contributed by atoms with E-state index in [1.807, 2.05) is 29.2 Å². The number of rotatable bonds is 5. The molecule has 3 rings (SSSR count). The normalized spacial score (nSPS) is 21.3. The highest BCUT2D eigenvalue weighted by atomic mass is 16.2. The summed E-state index contributed by atoms with van der Waals surface area (Å²) in [7, 11) is 0. The molecule has 6 heteroatoms. The number of hydrogen-bond donors (Lipinski definition) is 3. The van der Waals surface area contributed by atoms with Crippen LogP contribution in [0, 0.1) is 11.8 Å². The largest absolute Gasteiger partial charge is 0.325 e. The van der Waals surface area contributed by atoms with Crippen LogP contribution in [0.3, 0.4) is 0 Å². The molecular weight excluding hydrogens is 328 g/mol. The first-order valence-electron chi connectivity index (χ1n) is 9.79. The van der Waals surface area contributed by atoms with Crippen molar-refractivity contribution in [3.05, 3.63) is 24.3 Å². The number of urea groups is 1. The average Bonchev–Trinajstić information content (AvgIpc) is 3.19. The van der Waals surface area contributed by atoms with E-state index in [4.69, 9.17) is 0 Å². The van der Waals surface area contributed by atoms with E-state index in [-0.39, 0.29) is 11.9 Å². The summed E-state index contributed by atoms with van der Waals surface area (Å²) in [6.07, 6.45) is 4.98. The highest BCUT2D eigenvalue weighted by Gasteiger charge is 2.23. The standard InChI is InChI=1S/C20H30N4O2/c1-15(16-7-6-10-21-14-16)13-19(25)22-17-8-2-3-9-18(17)23-20(26)24-11-4-5-12-24/h2-3,8-9,15-16,21H,4-7,10-14H2,1H3,(H,22,25)(H,23,26). The number of nitrogens with zero attached hydrogens (tertiary/aromatic N) is 1.